The topological polar surface area (TPSA) is 121 Å². The lowest BCUT2D eigenvalue weighted by molar-refractivity contribution is -0.142. The number of carbonyl (C=O) groups is 2. The predicted molar refractivity (Wildman–Crippen MR) is 158 cm³/mol. The number of hydrogen-bond acceptors (Lipinski definition) is 5. The summed E-state index contributed by atoms with van der Waals surface area (Å²) in [6, 6.07) is 15.5. The number of benzene rings is 2. The number of carboxylic acid groups (broad SMARTS) is 1. The number of hydrogen-bond donors (Lipinski definition) is 2. The van der Waals surface area contributed by atoms with Crippen LogP contribution in [0.25, 0.3) is 16.7 Å². The van der Waals surface area contributed by atoms with Gasteiger partial charge in [-0.15, -0.1) is 0 Å². The zero-order valence-corrected chi connectivity index (χ0v) is 24.2. The maximum Gasteiger partial charge on any atom is 0.416 e. The summed E-state index contributed by atoms with van der Waals surface area (Å²) >= 11 is 0. The van der Waals surface area contributed by atoms with E-state index in [-0.39, 0.29) is 68.4 Å². The molecule has 2 amide bonds. The van der Waals surface area contributed by atoms with E-state index in [1.54, 1.807) is 17.2 Å². The van der Waals surface area contributed by atoms with Crippen LogP contribution in [-0.4, -0.2) is 77.9 Å². The fraction of sp³-hybridized carbons (Fsp3) is 0.375. The van der Waals surface area contributed by atoms with Crippen LogP contribution in [0.4, 0.5) is 18.0 Å². The lowest BCUT2D eigenvalue weighted by Crippen LogP contribution is -2.53. The minimum atomic E-state index is -4.46. The van der Waals surface area contributed by atoms with Crippen molar-refractivity contribution in [2.45, 2.75) is 43.5 Å². The third-order valence-corrected chi connectivity index (χ3v) is 9.04. The second kappa shape index (κ2) is 11.7. The molecule has 10 nitrogen and oxygen atoms in total. The van der Waals surface area contributed by atoms with Crippen molar-refractivity contribution < 1.29 is 33.0 Å². The monoisotopic (exact) mass is 623 g/mol. The van der Waals surface area contributed by atoms with Crippen molar-refractivity contribution in [2.24, 2.45) is 5.92 Å². The van der Waals surface area contributed by atoms with Crippen LogP contribution in [0.15, 0.2) is 78.0 Å². The number of aliphatic hydroxyl groups is 1. The standard InChI is InChI=1S/C32H32F3N5O5/c33-32(34,35)22-6-8-23(9-7-22)40-15-11-25-27(40)36-20-39(29(25)42)19-31(45)12-16-37(17-13-31)28(41)24-10-14-38(30(43)44)18-26(24)21-4-2-1-3-5-21/h1-9,11,15,20,24,26,45H,10,12-14,16-19H2,(H,43,44)/t24-,26+/m1/s1. The Labute approximate surface area is 255 Å². The molecule has 0 radical (unpaired) electrons. The molecule has 236 valence electrons. The van der Waals surface area contributed by atoms with E-state index in [0.29, 0.717) is 12.1 Å². The van der Waals surface area contributed by atoms with Gasteiger partial charge in [-0.05, 0) is 55.2 Å². The Balaban J connectivity index is 1.14. The number of aromatic nitrogens is 3. The summed E-state index contributed by atoms with van der Waals surface area (Å²) in [6.07, 6.45) is -1.71. The highest BCUT2D eigenvalue weighted by Gasteiger charge is 2.41. The zero-order chi connectivity index (χ0) is 31.9. The molecule has 0 spiro atoms. The van der Waals surface area contributed by atoms with Crippen LogP contribution in [0, 0.1) is 5.92 Å². The number of alkyl halides is 3. The molecule has 2 aliphatic heterocycles. The second-order valence-electron chi connectivity index (χ2n) is 11.8. The maximum atomic E-state index is 13.7. The molecule has 2 saturated heterocycles. The first-order valence-corrected chi connectivity index (χ1v) is 14.7. The highest BCUT2D eigenvalue weighted by atomic mass is 19.4. The number of piperidine rings is 2. The summed E-state index contributed by atoms with van der Waals surface area (Å²) < 4.78 is 41.8. The molecular formula is C32H32F3N5O5. The lowest BCUT2D eigenvalue weighted by atomic mass is 9.79. The van der Waals surface area contributed by atoms with Gasteiger partial charge in [0, 0.05) is 49.9 Å². The van der Waals surface area contributed by atoms with E-state index in [1.807, 2.05) is 30.3 Å². The Morgan fingerprint density at radius 3 is 2.29 bits per heavy atom. The van der Waals surface area contributed by atoms with Gasteiger partial charge in [0.25, 0.3) is 5.56 Å². The van der Waals surface area contributed by atoms with Crippen molar-refractivity contribution in [3.05, 3.63) is 94.7 Å². The van der Waals surface area contributed by atoms with E-state index in [2.05, 4.69) is 4.98 Å². The number of carbonyl (C=O) groups excluding carboxylic acids is 1. The van der Waals surface area contributed by atoms with Gasteiger partial charge in [-0.3, -0.25) is 14.2 Å². The van der Waals surface area contributed by atoms with E-state index in [1.165, 1.54) is 32.5 Å². The van der Waals surface area contributed by atoms with Crippen molar-refractivity contribution in [3.63, 3.8) is 0 Å². The molecule has 6 rings (SSSR count). The minimum absolute atomic E-state index is 0.0358. The largest absolute Gasteiger partial charge is 0.465 e. The Kier molecular flexibility index (Phi) is 7.89. The Bertz CT molecular complexity index is 1760. The molecular weight excluding hydrogens is 591 g/mol. The second-order valence-corrected chi connectivity index (χ2v) is 11.8. The molecule has 0 saturated carbocycles. The van der Waals surface area contributed by atoms with Crippen LogP contribution in [0.5, 0.6) is 0 Å². The van der Waals surface area contributed by atoms with Crippen molar-refractivity contribution in [1.82, 2.24) is 23.9 Å². The average Bonchev–Trinajstić information content (AvgIpc) is 3.47. The van der Waals surface area contributed by atoms with Crippen molar-refractivity contribution in [3.8, 4) is 5.69 Å². The van der Waals surface area contributed by atoms with Crippen molar-refractivity contribution in [1.29, 1.82) is 0 Å². The van der Waals surface area contributed by atoms with E-state index >= 15 is 0 Å². The lowest BCUT2D eigenvalue weighted by Gasteiger charge is -2.42. The maximum absolute atomic E-state index is 13.7. The fourth-order valence-corrected chi connectivity index (χ4v) is 6.50. The first kappa shape index (κ1) is 30.4. The summed E-state index contributed by atoms with van der Waals surface area (Å²) in [5.41, 5.74) is -0.833. The van der Waals surface area contributed by atoms with Crippen LogP contribution >= 0.6 is 0 Å². The zero-order valence-electron chi connectivity index (χ0n) is 24.2. The summed E-state index contributed by atoms with van der Waals surface area (Å²) in [4.78, 5) is 46.2. The number of rotatable bonds is 5. The molecule has 0 bridgehead atoms. The third kappa shape index (κ3) is 6.04. The number of amides is 2. The van der Waals surface area contributed by atoms with E-state index < -0.39 is 34.9 Å². The number of likely N-dealkylation sites (tertiary alicyclic amines) is 2. The Morgan fingerprint density at radius 2 is 1.64 bits per heavy atom. The molecule has 13 heteroatoms. The van der Waals surface area contributed by atoms with E-state index in [4.69, 9.17) is 0 Å². The quantitative estimate of drug-likeness (QED) is 0.341. The fourth-order valence-electron chi connectivity index (χ4n) is 6.50. The van der Waals surface area contributed by atoms with Gasteiger partial charge in [0.2, 0.25) is 5.91 Å². The normalized spacial score (nSPS) is 20.4. The molecule has 45 heavy (non-hydrogen) atoms. The SMILES string of the molecule is O=C(O)N1CC[C@@H](C(=O)N2CCC(O)(Cn3cnc4c(ccn4-c4ccc(C(F)(F)F)cc4)c3=O)CC2)[C@H](c2ccccc2)C1. The van der Waals surface area contributed by atoms with Gasteiger partial charge in [-0.25, -0.2) is 9.78 Å². The molecule has 0 aliphatic carbocycles. The van der Waals surface area contributed by atoms with Gasteiger partial charge in [-0.1, -0.05) is 30.3 Å². The predicted octanol–water partition coefficient (Wildman–Crippen LogP) is 4.34. The molecule has 2 aromatic carbocycles. The Morgan fingerprint density at radius 1 is 0.956 bits per heavy atom. The summed E-state index contributed by atoms with van der Waals surface area (Å²) in [6.45, 7) is 1.03. The van der Waals surface area contributed by atoms with Crippen LogP contribution in [0.2, 0.25) is 0 Å². The van der Waals surface area contributed by atoms with Crippen LogP contribution in [0.3, 0.4) is 0 Å². The van der Waals surface area contributed by atoms with Crippen LogP contribution in [0.1, 0.15) is 36.3 Å². The molecule has 2 aromatic heterocycles. The summed E-state index contributed by atoms with van der Waals surface area (Å²) in [5.74, 6) is -0.742. The summed E-state index contributed by atoms with van der Waals surface area (Å²) in [7, 11) is 0. The molecule has 0 unspecified atom stereocenters. The molecule has 4 aromatic rings. The number of nitrogens with zero attached hydrogens (tertiary/aromatic N) is 5. The molecule has 2 aliphatic rings. The van der Waals surface area contributed by atoms with Crippen molar-refractivity contribution >= 4 is 23.0 Å². The van der Waals surface area contributed by atoms with Gasteiger partial charge < -0.3 is 24.6 Å². The van der Waals surface area contributed by atoms with Gasteiger partial charge >= 0.3 is 12.3 Å². The van der Waals surface area contributed by atoms with E-state index in [9.17, 15) is 37.8 Å². The highest BCUT2D eigenvalue weighted by Crippen LogP contribution is 2.36. The number of halogens is 3. The number of fused-ring (bicyclic) bond motifs is 1. The van der Waals surface area contributed by atoms with Gasteiger partial charge in [0.1, 0.15) is 6.33 Å². The summed E-state index contributed by atoms with van der Waals surface area (Å²) in [5, 5.41) is 21.3. The minimum Gasteiger partial charge on any atom is -0.465 e. The first-order valence-electron chi connectivity index (χ1n) is 14.7. The van der Waals surface area contributed by atoms with Crippen LogP contribution in [-0.2, 0) is 17.5 Å². The van der Waals surface area contributed by atoms with E-state index in [0.717, 1.165) is 17.7 Å². The van der Waals surface area contributed by atoms with Gasteiger partial charge in [-0.2, -0.15) is 13.2 Å². The third-order valence-electron chi connectivity index (χ3n) is 9.04. The highest BCUT2D eigenvalue weighted by molar-refractivity contribution is 5.81. The molecule has 2 atom stereocenters. The Hall–Kier alpha value is -4.65. The molecule has 2 fully saturated rings. The first-order chi connectivity index (χ1) is 21.4. The average molecular weight is 624 g/mol. The van der Waals surface area contributed by atoms with Crippen molar-refractivity contribution in [2.75, 3.05) is 26.2 Å². The molecule has 2 N–H and O–H groups in total. The van der Waals surface area contributed by atoms with Gasteiger partial charge in [0.15, 0.2) is 5.65 Å². The van der Waals surface area contributed by atoms with Gasteiger partial charge in [0.05, 0.1) is 23.1 Å². The van der Waals surface area contributed by atoms with Crippen LogP contribution < -0.4 is 5.56 Å². The smallest absolute Gasteiger partial charge is 0.416 e. The molecule has 4 heterocycles.